The van der Waals surface area contributed by atoms with Crippen molar-refractivity contribution in [3.63, 3.8) is 0 Å². The van der Waals surface area contributed by atoms with Crippen molar-refractivity contribution in [2.45, 2.75) is 40.7 Å². The fourth-order valence-electron chi connectivity index (χ4n) is 4.94. The molecule has 38 heavy (non-hydrogen) atoms. The molecular weight excluding hydrogens is 562 g/mol. The zero-order valence-electron chi connectivity index (χ0n) is 21.9. The molecule has 4 aromatic rings. The average molecular weight is 591 g/mol. The molecule has 5 rings (SSSR count). The third kappa shape index (κ3) is 4.63. The van der Waals surface area contributed by atoms with Gasteiger partial charge in [-0.25, -0.2) is 9.79 Å². The number of aromatic nitrogens is 2. The van der Waals surface area contributed by atoms with Crippen molar-refractivity contribution < 1.29 is 9.53 Å². The lowest BCUT2D eigenvalue weighted by molar-refractivity contribution is -0.139. The van der Waals surface area contributed by atoms with E-state index >= 15 is 0 Å². The van der Waals surface area contributed by atoms with Gasteiger partial charge in [-0.3, -0.25) is 9.36 Å². The Morgan fingerprint density at radius 2 is 1.84 bits per heavy atom. The molecule has 0 N–H and O–H groups in total. The molecule has 8 heteroatoms. The van der Waals surface area contributed by atoms with E-state index < -0.39 is 12.0 Å². The summed E-state index contributed by atoms with van der Waals surface area (Å²) in [6.45, 7) is 9.93. The average Bonchev–Trinajstić information content (AvgIpc) is 3.33. The van der Waals surface area contributed by atoms with Crippen molar-refractivity contribution >= 4 is 39.3 Å². The Hall–Kier alpha value is -3.49. The maximum atomic E-state index is 13.9. The minimum absolute atomic E-state index is 0.180. The van der Waals surface area contributed by atoms with Crippen LogP contribution in [0.25, 0.3) is 11.8 Å². The van der Waals surface area contributed by atoms with Crippen molar-refractivity contribution in [1.82, 2.24) is 9.13 Å². The fraction of sp³-hybridized carbons (Fsp3) is 0.233. The topological polar surface area (TPSA) is 65.6 Å². The second-order valence-corrected chi connectivity index (χ2v) is 11.3. The van der Waals surface area contributed by atoms with Crippen molar-refractivity contribution in [1.29, 1.82) is 0 Å². The summed E-state index contributed by atoms with van der Waals surface area (Å²) in [7, 11) is 0. The highest BCUT2D eigenvalue weighted by Crippen LogP contribution is 2.31. The summed E-state index contributed by atoms with van der Waals surface area (Å²) in [5.41, 5.74) is 6.82. The largest absolute Gasteiger partial charge is 0.463 e. The zero-order chi connectivity index (χ0) is 27.1. The van der Waals surface area contributed by atoms with E-state index in [2.05, 4.69) is 57.5 Å². The molecule has 0 saturated heterocycles. The van der Waals surface area contributed by atoms with Crippen LogP contribution >= 0.6 is 27.3 Å². The SMILES string of the molecule is CCOC(=O)C1=C(C)N=c2s/c(=C\c3cc(C)n(-c4cccc(Br)c4)c3C)c(=O)n2[C@H]1c1ccc(C)cc1. The van der Waals surface area contributed by atoms with E-state index in [1.807, 2.05) is 49.4 Å². The first-order valence-electron chi connectivity index (χ1n) is 12.4. The van der Waals surface area contributed by atoms with Crippen molar-refractivity contribution in [3.05, 3.63) is 118 Å². The van der Waals surface area contributed by atoms with E-state index in [-0.39, 0.29) is 12.2 Å². The van der Waals surface area contributed by atoms with Crippen LogP contribution in [0.15, 0.2) is 80.1 Å². The summed E-state index contributed by atoms with van der Waals surface area (Å²) in [5, 5.41) is 0. The number of nitrogens with zero attached hydrogens (tertiary/aromatic N) is 3. The number of fused-ring (bicyclic) bond motifs is 1. The van der Waals surface area contributed by atoms with Gasteiger partial charge in [-0.1, -0.05) is 63.2 Å². The second kappa shape index (κ2) is 10.3. The molecular formula is C30H28BrN3O3S. The standard InChI is InChI=1S/C30H28BrN3O3S/c1-6-37-29(36)26-19(4)32-30-34(27(26)21-12-10-17(2)11-13-21)28(35)25(38-30)15-22-14-18(3)33(20(22)5)24-9-7-8-23(31)16-24/h7-16,27H,6H2,1-5H3/b25-15-/t27-/m0/s1. The summed E-state index contributed by atoms with van der Waals surface area (Å²) in [4.78, 5) is 32.2. The van der Waals surface area contributed by atoms with Crippen LogP contribution in [-0.4, -0.2) is 21.7 Å². The van der Waals surface area contributed by atoms with Gasteiger partial charge in [-0.15, -0.1) is 0 Å². The molecule has 0 bridgehead atoms. The third-order valence-electron chi connectivity index (χ3n) is 6.73. The second-order valence-electron chi connectivity index (χ2n) is 9.35. The van der Waals surface area contributed by atoms with Crippen LogP contribution in [0.3, 0.4) is 0 Å². The van der Waals surface area contributed by atoms with Gasteiger partial charge in [0.05, 0.1) is 28.5 Å². The Morgan fingerprint density at radius 1 is 1.11 bits per heavy atom. The molecule has 0 fully saturated rings. The van der Waals surface area contributed by atoms with E-state index in [1.165, 1.54) is 11.3 Å². The van der Waals surface area contributed by atoms with Crippen LogP contribution in [0.1, 0.15) is 48.0 Å². The minimum Gasteiger partial charge on any atom is -0.463 e. The molecule has 1 atom stereocenters. The van der Waals surface area contributed by atoms with E-state index in [0.29, 0.717) is 20.6 Å². The number of ether oxygens (including phenoxy) is 1. The van der Waals surface area contributed by atoms with Crippen LogP contribution in [0.2, 0.25) is 0 Å². The highest BCUT2D eigenvalue weighted by atomic mass is 79.9. The van der Waals surface area contributed by atoms with Crippen molar-refractivity contribution in [2.24, 2.45) is 4.99 Å². The first kappa shape index (κ1) is 26.1. The maximum absolute atomic E-state index is 13.9. The lowest BCUT2D eigenvalue weighted by atomic mass is 9.95. The molecule has 2 aromatic heterocycles. The molecule has 3 heterocycles. The van der Waals surface area contributed by atoms with Gasteiger partial charge in [0.15, 0.2) is 4.80 Å². The highest BCUT2D eigenvalue weighted by Gasteiger charge is 2.33. The number of aryl methyl sites for hydroxylation is 2. The summed E-state index contributed by atoms with van der Waals surface area (Å²) in [6.07, 6.45) is 1.93. The van der Waals surface area contributed by atoms with Gasteiger partial charge in [0.25, 0.3) is 5.56 Å². The number of hydrogen-bond acceptors (Lipinski definition) is 5. The van der Waals surface area contributed by atoms with E-state index in [4.69, 9.17) is 4.74 Å². The van der Waals surface area contributed by atoms with Crippen LogP contribution in [-0.2, 0) is 9.53 Å². The first-order valence-corrected chi connectivity index (χ1v) is 14.0. The molecule has 0 spiro atoms. The van der Waals surface area contributed by atoms with Crippen LogP contribution < -0.4 is 14.9 Å². The Balaban J connectivity index is 1.69. The number of carbonyl (C=O) groups is 1. The highest BCUT2D eigenvalue weighted by molar-refractivity contribution is 9.10. The normalized spacial score (nSPS) is 15.4. The Morgan fingerprint density at radius 3 is 2.53 bits per heavy atom. The lowest BCUT2D eigenvalue weighted by Gasteiger charge is -2.24. The van der Waals surface area contributed by atoms with Crippen LogP contribution in [0.5, 0.6) is 0 Å². The predicted octanol–water partition coefficient (Wildman–Crippen LogP) is 5.28. The number of benzene rings is 2. The fourth-order valence-corrected chi connectivity index (χ4v) is 6.37. The van der Waals surface area contributed by atoms with Gasteiger partial charge < -0.3 is 9.30 Å². The summed E-state index contributed by atoms with van der Waals surface area (Å²) in [6, 6.07) is 17.5. The van der Waals surface area contributed by atoms with Crippen LogP contribution in [0, 0.1) is 20.8 Å². The van der Waals surface area contributed by atoms with Gasteiger partial charge >= 0.3 is 5.97 Å². The number of thiazole rings is 1. The number of rotatable bonds is 5. The van der Waals surface area contributed by atoms with Crippen molar-refractivity contribution in [2.75, 3.05) is 6.61 Å². The lowest BCUT2D eigenvalue weighted by Crippen LogP contribution is -2.39. The maximum Gasteiger partial charge on any atom is 0.338 e. The number of carbonyl (C=O) groups excluding carboxylic acids is 1. The number of hydrogen-bond donors (Lipinski definition) is 0. The van der Waals surface area contributed by atoms with Crippen LogP contribution in [0.4, 0.5) is 0 Å². The van der Waals surface area contributed by atoms with Gasteiger partial charge in [0.2, 0.25) is 0 Å². The zero-order valence-corrected chi connectivity index (χ0v) is 24.3. The number of halogens is 1. The van der Waals surface area contributed by atoms with Gasteiger partial charge in [0.1, 0.15) is 0 Å². The summed E-state index contributed by atoms with van der Waals surface area (Å²) < 4.78 is 10.8. The molecule has 2 aromatic carbocycles. The summed E-state index contributed by atoms with van der Waals surface area (Å²) >= 11 is 4.89. The number of esters is 1. The molecule has 0 unspecified atom stereocenters. The smallest absolute Gasteiger partial charge is 0.338 e. The molecule has 194 valence electrons. The molecule has 1 aliphatic heterocycles. The summed E-state index contributed by atoms with van der Waals surface area (Å²) in [5.74, 6) is -0.453. The molecule has 6 nitrogen and oxygen atoms in total. The predicted molar refractivity (Wildman–Crippen MR) is 155 cm³/mol. The first-order chi connectivity index (χ1) is 18.2. The van der Waals surface area contributed by atoms with E-state index in [0.717, 1.165) is 38.2 Å². The molecule has 1 aliphatic rings. The Labute approximate surface area is 233 Å². The van der Waals surface area contributed by atoms with Gasteiger partial charge in [-0.2, -0.15) is 0 Å². The van der Waals surface area contributed by atoms with E-state index in [9.17, 15) is 9.59 Å². The minimum atomic E-state index is -0.609. The monoisotopic (exact) mass is 589 g/mol. The van der Waals surface area contributed by atoms with E-state index in [1.54, 1.807) is 18.4 Å². The molecule has 0 amide bonds. The molecule has 0 saturated carbocycles. The number of allylic oxidation sites excluding steroid dienone is 1. The third-order valence-corrected chi connectivity index (χ3v) is 8.21. The molecule has 0 radical (unpaired) electrons. The Kier molecular flexibility index (Phi) is 7.11. The quantitative estimate of drug-likeness (QED) is 0.298. The molecule has 0 aliphatic carbocycles. The Bertz CT molecular complexity index is 1770. The van der Waals surface area contributed by atoms with Gasteiger partial charge in [0, 0.05) is 21.5 Å². The van der Waals surface area contributed by atoms with Gasteiger partial charge in [-0.05, 0) is 76.1 Å². The van der Waals surface area contributed by atoms with Crippen molar-refractivity contribution in [3.8, 4) is 5.69 Å².